The smallest absolute Gasteiger partial charge is 0.223 e. The molecule has 3 aromatic rings. The highest BCUT2D eigenvalue weighted by Gasteiger charge is 2.24. The average Bonchev–Trinajstić information content (AvgIpc) is 3.19. The molecule has 22 heavy (non-hydrogen) atoms. The highest BCUT2D eigenvalue weighted by atomic mass is 16.1. The van der Waals surface area contributed by atoms with Crippen LogP contribution in [0.25, 0.3) is 5.65 Å². The predicted molar refractivity (Wildman–Crippen MR) is 81.1 cm³/mol. The van der Waals surface area contributed by atoms with Crippen molar-refractivity contribution in [2.45, 2.75) is 25.9 Å². The molecule has 1 aliphatic heterocycles. The average molecular weight is 295 g/mol. The van der Waals surface area contributed by atoms with Gasteiger partial charge in [0.1, 0.15) is 5.65 Å². The standard InChI is InChI=1S/C16H17N5O/c22-16(13-2-5-21-11-17-10-14(21)8-13)19-9-12-1-4-20-6-3-18-15(20)7-12/h1,3-4,6-7,10-11,13H,2,5,8-9H2,(H,19,22). The summed E-state index contributed by atoms with van der Waals surface area (Å²) in [5, 5.41) is 3.04. The molecule has 6 heteroatoms. The van der Waals surface area contributed by atoms with Crippen molar-refractivity contribution in [2.24, 2.45) is 5.92 Å². The van der Waals surface area contributed by atoms with Crippen LogP contribution in [0.2, 0.25) is 0 Å². The normalized spacial score (nSPS) is 17.4. The second-order valence-corrected chi connectivity index (χ2v) is 5.71. The monoisotopic (exact) mass is 295 g/mol. The number of hydrogen-bond acceptors (Lipinski definition) is 3. The minimum absolute atomic E-state index is 0.0411. The van der Waals surface area contributed by atoms with Crippen LogP contribution < -0.4 is 5.32 Å². The fraction of sp³-hybridized carbons (Fsp3) is 0.312. The van der Waals surface area contributed by atoms with Gasteiger partial charge in [-0.3, -0.25) is 4.79 Å². The third kappa shape index (κ3) is 2.36. The van der Waals surface area contributed by atoms with Crippen LogP contribution in [0.5, 0.6) is 0 Å². The largest absolute Gasteiger partial charge is 0.352 e. The number of carbonyl (C=O) groups excluding carboxylic acids is 1. The van der Waals surface area contributed by atoms with Gasteiger partial charge in [0.25, 0.3) is 0 Å². The molecule has 4 heterocycles. The Kier molecular flexibility index (Phi) is 3.14. The lowest BCUT2D eigenvalue weighted by Gasteiger charge is -2.23. The van der Waals surface area contributed by atoms with Gasteiger partial charge in [-0.1, -0.05) is 0 Å². The molecular weight excluding hydrogens is 278 g/mol. The Morgan fingerprint density at radius 3 is 3.32 bits per heavy atom. The Morgan fingerprint density at radius 1 is 1.41 bits per heavy atom. The molecule has 0 saturated heterocycles. The van der Waals surface area contributed by atoms with E-state index in [9.17, 15) is 4.79 Å². The van der Waals surface area contributed by atoms with Gasteiger partial charge >= 0.3 is 0 Å². The zero-order chi connectivity index (χ0) is 14.9. The van der Waals surface area contributed by atoms with Gasteiger partial charge in [-0.15, -0.1) is 0 Å². The van der Waals surface area contributed by atoms with Crippen molar-refractivity contribution >= 4 is 11.6 Å². The Balaban J connectivity index is 1.40. The number of aromatic nitrogens is 4. The summed E-state index contributed by atoms with van der Waals surface area (Å²) in [5.74, 6) is 0.162. The molecule has 6 nitrogen and oxygen atoms in total. The van der Waals surface area contributed by atoms with Gasteiger partial charge in [-0.25, -0.2) is 9.97 Å². The maximum Gasteiger partial charge on any atom is 0.223 e. The lowest BCUT2D eigenvalue weighted by Crippen LogP contribution is -2.34. The minimum Gasteiger partial charge on any atom is -0.352 e. The van der Waals surface area contributed by atoms with Crippen LogP contribution in [0, 0.1) is 5.92 Å². The van der Waals surface area contributed by atoms with Crippen molar-refractivity contribution in [1.29, 1.82) is 0 Å². The van der Waals surface area contributed by atoms with Crippen molar-refractivity contribution < 1.29 is 4.79 Å². The van der Waals surface area contributed by atoms with Gasteiger partial charge in [-0.2, -0.15) is 0 Å². The molecule has 1 N–H and O–H groups in total. The summed E-state index contributed by atoms with van der Waals surface area (Å²) in [6.45, 7) is 1.41. The number of aryl methyl sites for hydroxylation is 1. The molecule has 0 bridgehead atoms. The molecule has 0 aromatic carbocycles. The first-order chi connectivity index (χ1) is 10.8. The maximum atomic E-state index is 12.4. The van der Waals surface area contributed by atoms with Gasteiger partial charge in [-0.05, 0) is 24.1 Å². The number of fused-ring (bicyclic) bond motifs is 2. The second kappa shape index (κ2) is 5.29. The van der Waals surface area contributed by atoms with Crippen molar-refractivity contribution in [3.63, 3.8) is 0 Å². The quantitative estimate of drug-likeness (QED) is 0.794. The summed E-state index contributed by atoms with van der Waals surface area (Å²) in [7, 11) is 0. The van der Waals surface area contributed by atoms with E-state index in [0.29, 0.717) is 6.54 Å². The zero-order valence-electron chi connectivity index (χ0n) is 12.1. The number of pyridine rings is 1. The van der Waals surface area contributed by atoms with Crippen molar-refractivity contribution in [3.05, 3.63) is 54.5 Å². The molecule has 0 radical (unpaired) electrons. The van der Waals surface area contributed by atoms with E-state index in [1.807, 2.05) is 41.5 Å². The topological polar surface area (TPSA) is 64.2 Å². The van der Waals surface area contributed by atoms with E-state index < -0.39 is 0 Å². The molecule has 1 unspecified atom stereocenters. The Bertz CT molecular complexity index is 819. The lowest BCUT2D eigenvalue weighted by molar-refractivity contribution is -0.125. The summed E-state index contributed by atoms with van der Waals surface area (Å²) >= 11 is 0. The van der Waals surface area contributed by atoms with Crippen LogP contribution >= 0.6 is 0 Å². The summed E-state index contributed by atoms with van der Waals surface area (Å²) in [5.41, 5.74) is 3.10. The Labute approximate surface area is 127 Å². The third-order valence-corrected chi connectivity index (χ3v) is 4.27. The number of amides is 1. The fourth-order valence-electron chi connectivity index (χ4n) is 2.99. The van der Waals surface area contributed by atoms with Gasteiger partial charge in [0.05, 0.1) is 6.33 Å². The fourth-order valence-corrected chi connectivity index (χ4v) is 2.99. The van der Waals surface area contributed by atoms with Crippen LogP contribution in [0.15, 0.2) is 43.2 Å². The predicted octanol–water partition coefficient (Wildman–Crippen LogP) is 1.41. The number of hydrogen-bond donors (Lipinski definition) is 1. The molecule has 112 valence electrons. The van der Waals surface area contributed by atoms with Crippen molar-refractivity contribution in [2.75, 3.05) is 0 Å². The molecule has 3 aromatic heterocycles. The number of imidazole rings is 2. The van der Waals surface area contributed by atoms with E-state index >= 15 is 0 Å². The minimum atomic E-state index is 0.0411. The van der Waals surface area contributed by atoms with Gasteiger partial charge < -0.3 is 14.3 Å². The van der Waals surface area contributed by atoms with Gasteiger partial charge in [0, 0.05) is 55.9 Å². The Hall–Kier alpha value is -2.63. The van der Waals surface area contributed by atoms with Crippen molar-refractivity contribution in [3.8, 4) is 0 Å². The lowest BCUT2D eigenvalue weighted by atomic mass is 9.95. The van der Waals surface area contributed by atoms with E-state index in [-0.39, 0.29) is 11.8 Å². The van der Waals surface area contributed by atoms with E-state index in [1.54, 1.807) is 6.20 Å². The number of nitrogens with one attached hydrogen (secondary N) is 1. The van der Waals surface area contributed by atoms with Crippen LogP contribution in [-0.4, -0.2) is 24.8 Å². The van der Waals surface area contributed by atoms with Crippen LogP contribution in [0.3, 0.4) is 0 Å². The molecule has 0 saturated carbocycles. The van der Waals surface area contributed by atoms with Crippen LogP contribution in [0.4, 0.5) is 0 Å². The first-order valence-corrected chi connectivity index (χ1v) is 7.48. The zero-order valence-corrected chi connectivity index (χ0v) is 12.1. The molecule has 1 aliphatic rings. The Morgan fingerprint density at radius 2 is 2.36 bits per heavy atom. The van der Waals surface area contributed by atoms with E-state index in [0.717, 1.165) is 36.3 Å². The van der Waals surface area contributed by atoms with Crippen LogP contribution in [0.1, 0.15) is 17.7 Å². The highest BCUT2D eigenvalue weighted by molar-refractivity contribution is 5.79. The molecular formula is C16H17N5O. The SMILES string of the molecule is O=C(NCc1ccn2ccnc2c1)C1CCn2cncc2C1. The summed E-state index contributed by atoms with van der Waals surface area (Å²) in [6.07, 6.45) is 11.0. The molecule has 0 spiro atoms. The molecule has 4 rings (SSSR count). The molecule has 0 fully saturated rings. The number of rotatable bonds is 3. The first-order valence-electron chi connectivity index (χ1n) is 7.48. The second-order valence-electron chi connectivity index (χ2n) is 5.71. The summed E-state index contributed by atoms with van der Waals surface area (Å²) < 4.78 is 4.07. The third-order valence-electron chi connectivity index (χ3n) is 4.27. The van der Waals surface area contributed by atoms with E-state index in [2.05, 4.69) is 19.9 Å². The van der Waals surface area contributed by atoms with Gasteiger partial charge in [0.15, 0.2) is 0 Å². The molecule has 0 aliphatic carbocycles. The number of carbonyl (C=O) groups is 1. The summed E-state index contributed by atoms with van der Waals surface area (Å²) in [4.78, 5) is 20.7. The highest BCUT2D eigenvalue weighted by Crippen LogP contribution is 2.20. The van der Waals surface area contributed by atoms with E-state index in [1.165, 1.54) is 0 Å². The van der Waals surface area contributed by atoms with Gasteiger partial charge in [0.2, 0.25) is 5.91 Å². The van der Waals surface area contributed by atoms with E-state index in [4.69, 9.17) is 0 Å². The first kappa shape index (κ1) is 13.1. The number of nitrogens with zero attached hydrogens (tertiary/aromatic N) is 4. The van der Waals surface area contributed by atoms with Crippen LogP contribution in [-0.2, 0) is 24.3 Å². The van der Waals surface area contributed by atoms with Crippen molar-refractivity contribution in [1.82, 2.24) is 24.3 Å². The molecule has 1 atom stereocenters. The summed E-state index contributed by atoms with van der Waals surface area (Å²) in [6, 6.07) is 4.00. The maximum absolute atomic E-state index is 12.4. The molecule has 1 amide bonds.